The molecule has 20 heavy (non-hydrogen) atoms. The zero-order valence-corrected chi connectivity index (χ0v) is 13.6. The van der Waals surface area contributed by atoms with Crippen LogP contribution in [0.25, 0.3) is 0 Å². The highest BCUT2D eigenvalue weighted by Gasteiger charge is 2.11. The van der Waals surface area contributed by atoms with E-state index >= 15 is 0 Å². The van der Waals surface area contributed by atoms with Crippen LogP contribution in [-0.4, -0.2) is 0 Å². The third-order valence-corrected chi connectivity index (χ3v) is 3.78. The first-order valence-corrected chi connectivity index (χ1v) is 7.49. The molecule has 0 fully saturated rings. The van der Waals surface area contributed by atoms with Crippen molar-refractivity contribution < 1.29 is 4.74 Å². The summed E-state index contributed by atoms with van der Waals surface area (Å²) in [6.45, 7) is 4.46. The summed E-state index contributed by atoms with van der Waals surface area (Å²) in [5, 5.41) is 0.613. The van der Waals surface area contributed by atoms with Crippen LogP contribution in [0.15, 0.2) is 36.4 Å². The molecule has 0 N–H and O–H groups in total. The molecule has 0 saturated heterocycles. The van der Waals surface area contributed by atoms with Crippen LogP contribution < -0.4 is 4.74 Å². The molecular formula is C16H15Cl3O. The van der Waals surface area contributed by atoms with E-state index in [2.05, 4.69) is 6.07 Å². The second kappa shape index (κ2) is 6.71. The summed E-state index contributed by atoms with van der Waals surface area (Å²) >= 11 is 17.9. The van der Waals surface area contributed by atoms with Crippen LogP contribution in [0.5, 0.6) is 5.75 Å². The van der Waals surface area contributed by atoms with Crippen LogP contribution >= 0.6 is 34.8 Å². The Hall–Kier alpha value is -0.890. The normalized spacial score (nSPS) is 10.9. The fourth-order valence-corrected chi connectivity index (χ4v) is 2.51. The van der Waals surface area contributed by atoms with Gasteiger partial charge in [-0.05, 0) is 54.3 Å². The van der Waals surface area contributed by atoms with E-state index in [1.165, 1.54) is 0 Å². The molecule has 0 unspecified atom stereocenters. The number of hydrogen-bond acceptors (Lipinski definition) is 1. The summed E-state index contributed by atoms with van der Waals surface area (Å²) in [4.78, 5) is -0.620. The predicted molar refractivity (Wildman–Crippen MR) is 86.1 cm³/mol. The molecule has 0 aromatic heterocycles. The van der Waals surface area contributed by atoms with Gasteiger partial charge in [0.25, 0.3) is 0 Å². The minimum absolute atomic E-state index is 0.409. The number of halogens is 3. The minimum atomic E-state index is -0.620. The van der Waals surface area contributed by atoms with Crippen LogP contribution in [0, 0.1) is 13.8 Å². The minimum Gasteiger partial charge on any atom is -0.489 e. The van der Waals surface area contributed by atoms with Gasteiger partial charge in [0.15, 0.2) is 0 Å². The molecule has 4 heteroatoms. The lowest BCUT2D eigenvalue weighted by Crippen LogP contribution is -2.01. The fraction of sp³-hybridized carbons (Fsp3) is 0.250. The summed E-state index contributed by atoms with van der Waals surface area (Å²) in [5.74, 6) is 0.867. The third-order valence-electron chi connectivity index (χ3n) is 3.07. The molecule has 0 amide bonds. The topological polar surface area (TPSA) is 9.23 Å². The van der Waals surface area contributed by atoms with Gasteiger partial charge in [-0.1, -0.05) is 29.8 Å². The van der Waals surface area contributed by atoms with Gasteiger partial charge in [0.1, 0.15) is 17.2 Å². The Morgan fingerprint density at radius 2 is 1.80 bits per heavy atom. The first-order valence-electron chi connectivity index (χ1n) is 6.24. The number of aryl methyl sites for hydroxylation is 2. The molecular weight excluding hydrogens is 315 g/mol. The van der Waals surface area contributed by atoms with Crippen molar-refractivity contribution in [2.24, 2.45) is 0 Å². The Labute approximate surface area is 134 Å². The van der Waals surface area contributed by atoms with Crippen molar-refractivity contribution in [2.75, 3.05) is 0 Å². The number of benzene rings is 2. The van der Waals surface area contributed by atoms with Crippen molar-refractivity contribution in [3.8, 4) is 5.75 Å². The maximum absolute atomic E-state index is 5.97. The van der Waals surface area contributed by atoms with Crippen molar-refractivity contribution in [3.63, 3.8) is 0 Å². The molecule has 2 aromatic rings. The molecule has 1 nitrogen and oxygen atoms in total. The maximum Gasteiger partial charge on any atom is 0.133 e. The number of rotatable bonds is 4. The van der Waals surface area contributed by atoms with Crippen LogP contribution in [-0.2, 0) is 6.61 Å². The molecule has 0 saturated carbocycles. The van der Waals surface area contributed by atoms with Gasteiger partial charge in [0, 0.05) is 5.02 Å². The average molecular weight is 330 g/mol. The van der Waals surface area contributed by atoms with E-state index in [0.29, 0.717) is 11.6 Å². The Kier molecular flexibility index (Phi) is 5.20. The molecule has 0 atom stereocenters. The molecule has 0 bridgehead atoms. The zero-order valence-electron chi connectivity index (χ0n) is 11.3. The van der Waals surface area contributed by atoms with E-state index in [0.717, 1.165) is 28.0 Å². The monoisotopic (exact) mass is 328 g/mol. The lowest BCUT2D eigenvalue weighted by molar-refractivity contribution is 0.303. The standard InChI is InChI=1S/C16H15Cl3O/c1-10-3-4-11(2)15(7-10)20-9-12-5-6-13(17)8-14(12)16(18)19/h3-8,16H,9H2,1-2H3. The molecule has 0 heterocycles. The maximum atomic E-state index is 5.97. The Morgan fingerprint density at radius 3 is 2.50 bits per heavy atom. The lowest BCUT2D eigenvalue weighted by atomic mass is 10.1. The number of ether oxygens (including phenoxy) is 1. The highest BCUT2D eigenvalue weighted by Crippen LogP contribution is 2.31. The van der Waals surface area contributed by atoms with Crippen molar-refractivity contribution in [1.29, 1.82) is 0 Å². The first kappa shape index (κ1) is 15.5. The van der Waals surface area contributed by atoms with Crippen LogP contribution in [0.3, 0.4) is 0 Å². The largest absolute Gasteiger partial charge is 0.489 e. The van der Waals surface area contributed by atoms with E-state index in [1.54, 1.807) is 6.07 Å². The van der Waals surface area contributed by atoms with Gasteiger partial charge in [-0.2, -0.15) is 0 Å². The van der Waals surface area contributed by atoms with E-state index < -0.39 is 4.84 Å². The molecule has 0 aliphatic carbocycles. The van der Waals surface area contributed by atoms with E-state index in [4.69, 9.17) is 39.5 Å². The van der Waals surface area contributed by atoms with Crippen LogP contribution in [0.1, 0.15) is 27.1 Å². The molecule has 0 aliphatic heterocycles. The van der Waals surface area contributed by atoms with Gasteiger partial charge in [-0.15, -0.1) is 23.2 Å². The molecule has 2 rings (SSSR count). The SMILES string of the molecule is Cc1ccc(C)c(OCc2ccc(Cl)cc2C(Cl)Cl)c1. The van der Waals surface area contributed by atoms with E-state index in [1.807, 2.05) is 38.1 Å². The van der Waals surface area contributed by atoms with Crippen molar-refractivity contribution in [3.05, 3.63) is 63.7 Å². The quantitative estimate of drug-likeness (QED) is 0.624. The molecule has 0 aliphatic rings. The Balaban J connectivity index is 2.20. The summed E-state index contributed by atoms with van der Waals surface area (Å²) in [6.07, 6.45) is 0. The van der Waals surface area contributed by atoms with Crippen LogP contribution in [0.4, 0.5) is 0 Å². The summed E-state index contributed by atoms with van der Waals surface area (Å²) < 4.78 is 5.87. The average Bonchev–Trinajstić information content (AvgIpc) is 2.40. The Bertz CT molecular complexity index is 609. The molecule has 2 aromatic carbocycles. The van der Waals surface area contributed by atoms with Crippen LogP contribution in [0.2, 0.25) is 5.02 Å². The highest BCUT2D eigenvalue weighted by molar-refractivity contribution is 6.44. The van der Waals surface area contributed by atoms with Gasteiger partial charge >= 0.3 is 0 Å². The molecule has 0 radical (unpaired) electrons. The predicted octanol–water partition coefficient (Wildman–Crippen LogP) is 6.01. The smallest absolute Gasteiger partial charge is 0.133 e. The first-order chi connectivity index (χ1) is 9.47. The van der Waals surface area contributed by atoms with Gasteiger partial charge < -0.3 is 4.74 Å². The van der Waals surface area contributed by atoms with E-state index in [9.17, 15) is 0 Å². The van der Waals surface area contributed by atoms with Crippen molar-refractivity contribution in [1.82, 2.24) is 0 Å². The second-order valence-corrected chi connectivity index (χ2v) is 6.23. The lowest BCUT2D eigenvalue weighted by Gasteiger charge is -2.14. The molecule has 106 valence electrons. The zero-order chi connectivity index (χ0) is 14.7. The molecule has 0 spiro atoms. The van der Waals surface area contributed by atoms with Gasteiger partial charge in [0.05, 0.1) is 0 Å². The number of hydrogen-bond donors (Lipinski definition) is 0. The van der Waals surface area contributed by atoms with Crippen molar-refractivity contribution >= 4 is 34.8 Å². The Morgan fingerprint density at radius 1 is 1.05 bits per heavy atom. The van der Waals surface area contributed by atoms with Gasteiger partial charge in [-0.25, -0.2) is 0 Å². The second-order valence-electron chi connectivity index (χ2n) is 4.70. The summed E-state index contributed by atoms with van der Waals surface area (Å²) in [7, 11) is 0. The third kappa shape index (κ3) is 3.82. The number of alkyl halides is 2. The van der Waals surface area contributed by atoms with Gasteiger partial charge in [0.2, 0.25) is 0 Å². The highest BCUT2D eigenvalue weighted by atomic mass is 35.5. The van der Waals surface area contributed by atoms with E-state index in [-0.39, 0.29) is 0 Å². The summed E-state index contributed by atoms with van der Waals surface area (Å²) in [5.41, 5.74) is 3.98. The fourth-order valence-electron chi connectivity index (χ4n) is 1.92. The van der Waals surface area contributed by atoms with Crippen molar-refractivity contribution in [2.45, 2.75) is 25.3 Å². The summed E-state index contributed by atoms with van der Waals surface area (Å²) in [6, 6.07) is 11.6. The van der Waals surface area contributed by atoms with Gasteiger partial charge in [-0.3, -0.25) is 0 Å².